The van der Waals surface area contributed by atoms with Gasteiger partial charge in [-0.3, -0.25) is 4.90 Å². The van der Waals surface area contributed by atoms with Gasteiger partial charge in [-0.1, -0.05) is 18.2 Å². The molecule has 0 unspecified atom stereocenters. The zero-order chi connectivity index (χ0) is 27.2. The summed E-state index contributed by atoms with van der Waals surface area (Å²) in [7, 11) is 0. The molecule has 7 rings (SSSR count). The maximum absolute atomic E-state index is 15.4. The van der Waals surface area contributed by atoms with E-state index in [4.69, 9.17) is 10.2 Å². The van der Waals surface area contributed by atoms with Crippen LogP contribution < -0.4 is 16.4 Å². The number of para-hydroxylation sites is 1. The van der Waals surface area contributed by atoms with Gasteiger partial charge in [0.25, 0.3) is 6.01 Å². The highest BCUT2D eigenvalue weighted by Crippen LogP contribution is 2.39. The van der Waals surface area contributed by atoms with Gasteiger partial charge < -0.3 is 25.4 Å². The van der Waals surface area contributed by atoms with Crippen molar-refractivity contribution in [2.75, 3.05) is 37.2 Å². The van der Waals surface area contributed by atoms with Crippen molar-refractivity contribution < 1.29 is 8.81 Å². The number of rotatable bonds is 5. The molecule has 0 spiro atoms. The molecule has 2 aliphatic rings. The first-order chi connectivity index (χ1) is 19.5. The summed E-state index contributed by atoms with van der Waals surface area (Å²) in [6, 6.07) is 12.1. The number of hydrogen-bond acceptors (Lipinski definition) is 8. The predicted octanol–water partition coefficient (Wildman–Crippen LogP) is 5.40. The number of piperazine rings is 1. The lowest BCUT2D eigenvalue weighted by Crippen LogP contribution is -2.49. The Balaban J connectivity index is 1.17. The third-order valence-electron chi connectivity index (χ3n) is 8.50. The minimum Gasteiger partial charge on any atom is -0.423 e. The fourth-order valence-electron chi connectivity index (χ4n) is 6.39. The Hall–Kier alpha value is -4.02. The van der Waals surface area contributed by atoms with E-state index in [0.717, 1.165) is 85.1 Å². The minimum absolute atomic E-state index is 0.251. The lowest BCUT2D eigenvalue weighted by Gasteiger charge is -2.39. The standard InChI is InChI=1S/C30H33FN8O/c1-18-3-2-4-25-27(18)40-30(37-25)36-24-10-5-19(15-23(24)31)22-16-39(29-26(22)28(32)34-17-35-29)21-8-6-20(7-9-21)38-13-11-33-12-14-38/h2-5,10,15-17,20-21,33H,6-9,11-14H2,1H3,(H,36,37)(H2,32,34,35). The summed E-state index contributed by atoms with van der Waals surface area (Å²) >= 11 is 0. The molecule has 2 aromatic carbocycles. The van der Waals surface area contributed by atoms with Crippen molar-refractivity contribution >= 4 is 39.7 Å². The monoisotopic (exact) mass is 540 g/mol. The van der Waals surface area contributed by atoms with Crippen LogP contribution in [0.25, 0.3) is 33.3 Å². The summed E-state index contributed by atoms with van der Waals surface area (Å²) in [5.74, 6) is -0.0120. The highest BCUT2D eigenvalue weighted by molar-refractivity contribution is 6.00. The van der Waals surface area contributed by atoms with Gasteiger partial charge in [0.05, 0.1) is 11.1 Å². The zero-order valence-electron chi connectivity index (χ0n) is 22.5. The van der Waals surface area contributed by atoms with Gasteiger partial charge in [0, 0.05) is 50.0 Å². The van der Waals surface area contributed by atoms with Crippen LogP contribution in [0.5, 0.6) is 0 Å². The van der Waals surface area contributed by atoms with Gasteiger partial charge >= 0.3 is 0 Å². The zero-order valence-corrected chi connectivity index (χ0v) is 22.5. The highest BCUT2D eigenvalue weighted by Gasteiger charge is 2.29. The molecule has 1 aliphatic heterocycles. The van der Waals surface area contributed by atoms with Gasteiger partial charge in [-0.2, -0.15) is 4.98 Å². The Labute approximate surface area is 231 Å². The lowest BCUT2D eigenvalue weighted by molar-refractivity contribution is 0.124. The molecule has 206 valence electrons. The number of oxazole rings is 1. The summed E-state index contributed by atoms with van der Waals surface area (Å²) in [6.07, 6.45) is 8.05. The second-order valence-electron chi connectivity index (χ2n) is 10.9. The van der Waals surface area contributed by atoms with Crippen LogP contribution in [0.15, 0.2) is 53.3 Å². The van der Waals surface area contributed by atoms with Crippen molar-refractivity contribution in [3.63, 3.8) is 0 Å². The SMILES string of the molecule is Cc1cccc2nc(Nc3ccc(-c4cn(C5CCC(N6CCNCC6)CC5)c5ncnc(N)c45)cc3F)oc12. The molecule has 4 N–H and O–H groups in total. The number of nitrogen functional groups attached to an aromatic ring is 1. The molecule has 0 bridgehead atoms. The number of nitrogens with one attached hydrogen (secondary N) is 2. The molecule has 5 aromatic rings. The van der Waals surface area contributed by atoms with Crippen molar-refractivity contribution in [1.82, 2.24) is 29.7 Å². The van der Waals surface area contributed by atoms with Crippen molar-refractivity contribution in [2.45, 2.75) is 44.7 Å². The molecule has 10 heteroatoms. The van der Waals surface area contributed by atoms with Crippen LogP contribution in [0.4, 0.5) is 21.9 Å². The van der Waals surface area contributed by atoms with Gasteiger partial charge in [0.1, 0.15) is 29.1 Å². The smallest absolute Gasteiger partial charge is 0.300 e. The largest absolute Gasteiger partial charge is 0.423 e. The lowest BCUT2D eigenvalue weighted by atomic mass is 9.89. The maximum atomic E-state index is 15.4. The van der Waals surface area contributed by atoms with Crippen LogP contribution in [0.3, 0.4) is 0 Å². The average Bonchev–Trinajstić information content (AvgIpc) is 3.58. The molecule has 0 radical (unpaired) electrons. The molecule has 4 heterocycles. The number of halogens is 1. The van der Waals surface area contributed by atoms with E-state index in [-0.39, 0.29) is 11.7 Å². The van der Waals surface area contributed by atoms with Gasteiger partial charge in [0.15, 0.2) is 5.58 Å². The molecule has 9 nitrogen and oxygen atoms in total. The number of benzene rings is 2. The molecule has 2 fully saturated rings. The third-order valence-corrected chi connectivity index (χ3v) is 8.50. The van der Waals surface area contributed by atoms with Crippen molar-refractivity contribution in [1.29, 1.82) is 0 Å². The van der Waals surface area contributed by atoms with E-state index in [9.17, 15) is 0 Å². The summed E-state index contributed by atoms with van der Waals surface area (Å²) in [4.78, 5) is 16.0. The fraction of sp³-hybridized carbons (Fsp3) is 0.367. The Bertz CT molecular complexity index is 1680. The van der Waals surface area contributed by atoms with Crippen LogP contribution in [0.2, 0.25) is 0 Å². The first-order valence-corrected chi connectivity index (χ1v) is 14.0. The molecular formula is C30H33FN8O. The number of fused-ring (bicyclic) bond motifs is 2. The first kappa shape index (κ1) is 25.0. The van der Waals surface area contributed by atoms with E-state index in [1.165, 1.54) is 12.4 Å². The topological polar surface area (TPSA) is 110 Å². The van der Waals surface area contributed by atoms with E-state index in [1.54, 1.807) is 6.07 Å². The molecule has 1 saturated heterocycles. The van der Waals surface area contributed by atoms with Crippen molar-refractivity contribution in [3.8, 4) is 11.1 Å². The molecule has 3 aromatic heterocycles. The van der Waals surface area contributed by atoms with Gasteiger partial charge in [-0.15, -0.1) is 0 Å². The Morgan fingerprint density at radius 1 is 1.05 bits per heavy atom. The van der Waals surface area contributed by atoms with Gasteiger partial charge in [-0.25, -0.2) is 14.4 Å². The van der Waals surface area contributed by atoms with Crippen LogP contribution in [-0.2, 0) is 0 Å². The second-order valence-corrected chi connectivity index (χ2v) is 10.9. The third kappa shape index (κ3) is 4.47. The van der Waals surface area contributed by atoms with E-state index in [1.807, 2.05) is 31.2 Å². The summed E-state index contributed by atoms with van der Waals surface area (Å²) in [5.41, 5.74) is 11.4. The van der Waals surface area contributed by atoms with Gasteiger partial charge in [0.2, 0.25) is 0 Å². The number of nitrogens with zero attached hydrogens (tertiary/aromatic N) is 5. The van der Waals surface area contributed by atoms with Crippen LogP contribution in [0, 0.1) is 12.7 Å². The normalized spacial score (nSPS) is 20.4. The quantitative estimate of drug-likeness (QED) is 0.272. The Kier molecular flexibility index (Phi) is 6.36. The number of hydrogen-bond donors (Lipinski definition) is 3. The number of aromatic nitrogens is 4. The second kappa shape index (κ2) is 10.2. The maximum Gasteiger partial charge on any atom is 0.300 e. The molecule has 1 saturated carbocycles. The summed E-state index contributed by atoms with van der Waals surface area (Å²) in [5, 5.41) is 7.20. The number of aryl methyl sites for hydroxylation is 1. The Morgan fingerprint density at radius 3 is 2.62 bits per heavy atom. The molecular weight excluding hydrogens is 507 g/mol. The van der Waals surface area contributed by atoms with Crippen LogP contribution >= 0.6 is 0 Å². The van der Waals surface area contributed by atoms with Crippen molar-refractivity contribution in [3.05, 3.63) is 60.3 Å². The Morgan fingerprint density at radius 2 is 1.85 bits per heavy atom. The predicted molar refractivity (Wildman–Crippen MR) is 155 cm³/mol. The number of nitrogens with two attached hydrogens (primary N) is 1. The van der Waals surface area contributed by atoms with E-state index in [0.29, 0.717) is 23.5 Å². The minimum atomic E-state index is -0.413. The summed E-state index contributed by atoms with van der Waals surface area (Å²) < 4.78 is 23.5. The summed E-state index contributed by atoms with van der Waals surface area (Å²) in [6.45, 7) is 6.34. The highest BCUT2D eigenvalue weighted by atomic mass is 19.1. The van der Waals surface area contributed by atoms with Gasteiger partial charge in [-0.05, 0) is 61.9 Å². The number of anilines is 3. The molecule has 0 amide bonds. The average molecular weight is 541 g/mol. The van der Waals surface area contributed by atoms with E-state index in [2.05, 4.69) is 41.2 Å². The van der Waals surface area contributed by atoms with E-state index >= 15 is 4.39 Å². The molecule has 1 aliphatic carbocycles. The fourth-order valence-corrected chi connectivity index (χ4v) is 6.39. The first-order valence-electron chi connectivity index (χ1n) is 14.0. The molecule has 40 heavy (non-hydrogen) atoms. The van der Waals surface area contributed by atoms with Crippen LogP contribution in [0.1, 0.15) is 37.3 Å². The van der Waals surface area contributed by atoms with E-state index < -0.39 is 5.82 Å². The van der Waals surface area contributed by atoms with Crippen molar-refractivity contribution in [2.24, 2.45) is 0 Å². The van der Waals surface area contributed by atoms with Crippen LogP contribution in [-0.4, -0.2) is 56.6 Å². The molecule has 0 atom stereocenters.